The van der Waals surface area contributed by atoms with Crippen molar-refractivity contribution in [3.8, 4) is 5.75 Å². The Bertz CT molecular complexity index is 380. The molecule has 1 aromatic carbocycles. The number of benzene rings is 1. The largest absolute Gasteiger partial charge is 0.435 e. The molecule has 1 aliphatic heterocycles. The Labute approximate surface area is 86.5 Å². The fourth-order valence-corrected chi connectivity index (χ4v) is 1.26. The highest BCUT2D eigenvalue weighted by molar-refractivity contribution is 5.32. The van der Waals surface area contributed by atoms with Crippen LogP contribution in [0.2, 0.25) is 0 Å². The number of rotatable bonds is 3. The summed E-state index contributed by atoms with van der Waals surface area (Å²) in [5.41, 5.74) is 0.793. The van der Waals surface area contributed by atoms with E-state index in [0.717, 1.165) is 5.56 Å². The summed E-state index contributed by atoms with van der Waals surface area (Å²) in [4.78, 5) is 0. The smallest absolute Gasteiger partial charge is 0.387 e. The van der Waals surface area contributed by atoms with E-state index < -0.39 is 18.4 Å². The van der Waals surface area contributed by atoms with E-state index in [4.69, 9.17) is 9.84 Å². The van der Waals surface area contributed by atoms with Crippen LogP contribution in [0.1, 0.15) is 5.56 Å². The maximum atomic E-state index is 9.57. The highest BCUT2D eigenvalue weighted by Gasteiger charge is 2.74. The van der Waals surface area contributed by atoms with Crippen LogP contribution < -0.4 is 4.74 Å². The molecule has 82 valence electrons. The molecule has 5 heteroatoms. The molecule has 0 aliphatic carbocycles. The molecule has 2 rings (SSSR count). The van der Waals surface area contributed by atoms with E-state index in [1.165, 1.54) is 0 Å². The molecule has 2 unspecified atom stereocenters. The lowest BCUT2D eigenvalue weighted by Gasteiger charge is -2.12. The van der Waals surface area contributed by atoms with E-state index in [-0.39, 0.29) is 0 Å². The molecule has 1 saturated heterocycles. The Balaban J connectivity index is 2.15. The molecule has 15 heavy (non-hydrogen) atoms. The molecular weight excluding hydrogens is 200 g/mol. The van der Waals surface area contributed by atoms with Crippen LogP contribution in [0.4, 0.5) is 0 Å². The summed E-state index contributed by atoms with van der Waals surface area (Å²) < 4.78 is 9.61. The normalized spacial score (nSPS) is 33.9. The van der Waals surface area contributed by atoms with Crippen molar-refractivity contribution in [1.29, 1.82) is 0 Å². The predicted molar refractivity (Wildman–Crippen MR) is 49.9 cm³/mol. The van der Waals surface area contributed by atoms with Crippen LogP contribution in [0.5, 0.6) is 5.75 Å². The highest BCUT2D eigenvalue weighted by Crippen LogP contribution is 2.44. The standard InChI is InChI=1S/C10H12O5/c1-7-4-2-3-5-8(7)14-10(13)9(12,6-11)15-10/h2-5,11-13H,6H2,1H3. The van der Waals surface area contributed by atoms with Gasteiger partial charge < -0.3 is 20.1 Å². The van der Waals surface area contributed by atoms with Gasteiger partial charge in [0.05, 0.1) is 0 Å². The first-order valence-corrected chi connectivity index (χ1v) is 4.51. The first-order valence-electron chi connectivity index (χ1n) is 4.51. The van der Waals surface area contributed by atoms with Crippen molar-refractivity contribution in [1.82, 2.24) is 0 Å². The average Bonchev–Trinajstić information content (AvgIpc) is 2.74. The van der Waals surface area contributed by atoms with Gasteiger partial charge in [0.25, 0.3) is 5.79 Å². The number of aliphatic hydroxyl groups excluding tert-OH is 1. The zero-order valence-electron chi connectivity index (χ0n) is 8.17. The van der Waals surface area contributed by atoms with E-state index in [0.29, 0.717) is 5.75 Å². The van der Waals surface area contributed by atoms with Gasteiger partial charge in [0, 0.05) is 0 Å². The topological polar surface area (TPSA) is 82.5 Å². The fourth-order valence-electron chi connectivity index (χ4n) is 1.26. The zero-order valence-corrected chi connectivity index (χ0v) is 8.17. The van der Waals surface area contributed by atoms with E-state index in [1.54, 1.807) is 25.1 Å². The first-order chi connectivity index (χ1) is 7.01. The van der Waals surface area contributed by atoms with Crippen molar-refractivity contribution in [2.45, 2.75) is 18.7 Å². The average molecular weight is 212 g/mol. The van der Waals surface area contributed by atoms with Gasteiger partial charge in [-0.1, -0.05) is 18.2 Å². The number of aliphatic hydroxyl groups is 3. The summed E-state index contributed by atoms with van der Waals surface area (Å²) in [6, 6.07) is 6.97. The van der Waals surface area contributed by atoms with Crippen LogP contribution in [0, 0.1) is 6.92 Å². The molecule has 0 bridgehead atoms. The second-order valence-electron chi connectivity index (χ2n) is 3.49. The molecule has 1 fully saturated rings. The second-order valence-corrected chi connectivity index (χ2v) is 3.49. The van der Waals surface area contributed by atoms with Gasteiger partial charge in [-0.3, -0.25) is 4.74 Å². The van der Waals surface area contributed by atoms with Gasteiger partial charge in [0.1, 0.15) is 12.4 Å². The van der Waals surface area contributed by atoms with Gasteiger partial charge >= 0.3 is 5.97 Å². The number of aryl methyl sites for hydroxylation is 1. The highest BCUT2D eigenvalue weighted by atomic mass is 17.0. The van der Waals surface area contributed by atoms with Crippen molar-refractivity contribution in [2.24, 2.45) is 0 Å². The second kappa shape index (κ2) is 3.18. The summed E-state index contributed by atoms with van der Waals surface area (Å²) >= 11 is 0. The third-order valence-electron chi connectivity index (χ3n) is 2.32. The lowest BCUT2D eigenvalue weighted by Crippen LogP contribution is -2.34. The Morgan fingerprint density at radius 2 is 2.00 bits per heavy atom. The number of hydrogen-bond donors (Lipinski definition) is 3. The minimum absolute atomic E-state index is 0.393. The van der Waals surface area contributed by atoms with Crippen LogP contribution in [0.3, 0.4) is 0 Å². The Hall–Kier alpha value is -1.14. The van der Waals surface area contributed by atoms with Gasteiger partial charge in [-0.05, 0) is 18.6 Å². The van der Waals surface area contributed by atoms with Crippen molar-refractivity contribution in [2.75, 3.05) is 6.61 Å². The maximum absolute atomic E-state index is 9.57. The van der Waals surface area contributed by atoms with E-state index in [9.17, 15) is 10.2 Å². The SMILES string of the molecule is Cc1ccccc1OC1(O)OC1(O)CO. The van der Waals surface area contributed by atoms with Gasteiger partial charge in [0.2, 0.25) is 0 Å². The van der Waals surface area contributed by atoms with E-state index >= 15 is 0 Å². The molecule has 1 heterocycles. The Morgan fingerprint density at radius 1 is 1.33 bits per heavy atom. The zero-order chi connectivity index (χ0) is 11.1. The molecule has 1 aliphatic rings. The van der Waals surface area contributed by atoms with E-state index in [1.807, 2.05) is 6.07 Å². The van der Waals surface area contributed by atoms with Crippen LogP contribution >= 0.6 is 0 Å². The number of ether oxygens (including phenoxy) is 2. The quantitative estimate of drug-likeness (QED) is 0.474. The van der Waals surface area contributed by atoms with Crippen molar-refractivity contribution in [3.63, 3.8) is 0 Å². The maximum Gasteiger partial charge on any atom is 0.387 e. The molecule has 5 nitrogen and oxygen atoms in total. The van der Waals surface area contributed by atoms with Crippen molar-refractivity contribution >= 4 is 0 Å². The molecule has 0 radical (unpaired) electrons. The lowest BCUT2D eigenvalue weighted by atomic mass is 10.2. The molecule has 0 spiro atoms. The van der Waals surface area contributed by atoms with Crippen molar-refractivity contribution < 1.29 is 24.8 Å². The van der Waals surface area contributed by atoms with Gasteiger partial charge in [-0.2, -0.15) is 0 Å². The summed E-state index contributed by atoms with van der Waals surface area (Å²) in [5, 5.41) is 27.7. The molecular formula is C10H12O5. The van der Waals surface area contributed by atoms with Crippen molar-refractivity contribution in [3.05, 3.63) is 29.8 Å². The number of hydrogen-bond acceptors (Lipinski definition) is 5. The summed E-state index contributed by atoms with van der Waals surface area (Å²) in [7, 11) is 0. The third kappa shape index (κ3) is 1.59. The first kappa shape index (κ1) is 10.4. The summed E-state index contributed by atoms with van der Waals surface area (Å²) in [6.45, 7) is 1.06. The number of epoxide rings is 1. The van der Waals surface area contributed by atoms with Gasteiger partial charge in [-0.25, -0.2) is 0 Å². The fraction of sp³-hybridized carbons (Fsp3) is 0.400. The van der Waals surface area contributed by atoms with Gasteiger partial charge in [-0.15, -0.1) is 0 Å². The Kier molecular flexibility index (Phi) is 2.20. The van der Waals surface area contributed by atoms with Gasteiger partial charge in [0.15, 0.2) is 0 Å². The minimum atomic E-state index is -2.14. The molecule has 2 atom stereocenters. The predicted octanol–water partition coefficient (Wildman–Crippen LogP) is -0.269. The Morgan fingerprint density at radius 3 is 2.53 bits per heavy atom. The van der Waals surface area contributed by atoms with Crippen LogP contribution in [-0.2, 0) is 4.74 Å². The minimum Gasteiger partial charge on any atom is -0.435 e. The molecule has 1 aromatic rings. The lowest BCUT2D eigenvalue weighted by molar-refractivity contribution is -0.142. The monoisotopic (exact) mass is 212 g/mol. The molecule has 0 saturated carbocycles. The molecule has 3 N–H and O–H groups in total. The van der Waals surface area contributed by atoms with Crippen LogP contribution in [0.15, 0.2) is 24.3 Å². The summed E-state index contributed by atoms with van der Waals surface area (Å²) in [5.74, 6) is -3.77. The number of para-hydroxylation sites is 1. The third-order valence-corrected chi connectivity index (χ3v) is 2.32. The summed E-state index contributed by atoms with van der Waals surface area (Å²) in [6.07, 6.45) is 0. The van der Waals surface area contributed by atoms with E-state index in [2.05, 4.69) is 4.74 Å². The van der Waals surface area contributed by atoms with Crippen LogP contribution in [0.25, 0.3) is 0 Å². The molecule has 0 amide bonds. The molecule has 0 aromatic heterocycles. The van der Waals surface area contributed by atoms with Crippen LogP contribution in [-0.4, -0.2) is 33.7 Å².